The molecule has 3 N–H and O–H groups in total. The van der Waals surface area contributed by atoms with Gasteiger partial charge in [-0.05, 0) is 102 Å². The van der Waals surface area contributed by atoms with Crippen molar-refractivity contribution in [3.63, 3.8) is 0 Å². The molecule has 9 rings (SSSR count). The molecule has 0 heterocycles. The fraction of sp³-hybridized carbons (Fsp3) is 0.278. The number of carbonyl (C=O) groups is 1. The van der Waals surface area contributed by atoms with Crippen molar-refractivity contribution in [3.8, 4) is 0 Å². The Morgan fingerprint density at radius 3 is 1.25 bits per heavy atom. The number of hydrogen-bond donors (Lipinski definition) is 3. The van der Waals surface area contributed by atoms with E-state index < -0.39 is 146 Å². The minimum absolute atomic E-state index is 0.141. The van der Waals surface area contributed by atoms with Crippen LogP contribution in [0.4, 0.5) is 69.2 Å². The van der Waals surface area contributed by atoms with Gasteiger partial charge in [-0.15, -0.1) is 0 Å². The normalized spacial score (nSPS) is 14.2. The van der Waals surface area contributed by atoms with Gasteiger partial charge in [-0.1, -0.05) is 149 Å². The summed E-state index contributed by atoms with van der Waals surface area (Å²) in [6.07, 6.45) is 10.8. The molecule has 0 aliphatic heterocycles. The molecule has 482 valence electrons. The average molecular weight is 1300 g/mol. The number of aliphatic hydroxyl groups excluding tert-OH is 1. The number of aryl methyl sites for hydroxylation is 4. The Balaban J connectivity index is 1.22. The average Bonchev–Trinajstić information content (AvgIpc) is 0.733. The molecule has 7 aromatic rings. The summed E-state index contributed by atoms with van der Waals surface area (Å²) >= 11 is 0. The molecule has 0 fully saturated rings. The molecule has 0 atom stereocenters. The molecule has 2 aliphatic rings. The summed E-state index contributed by atoms with van der Waals surface area (Å²) in [6, 6.07) is 32.2. The number of allylic oxidation sites excluding steroid dienone is 5. The largest absolute Gasteiger partial charge is 0.506 e. The second-order valence-electron chi connectivity index (χ2n) is 23.3. The molecule has 92 heavy (non-hydrogen) atoms. The van der Waals surface area contributed by atoms with E-state index in [2.05, 4.69) is 9.44 Å². The van der Waals surface area contributed by atoms with Gasteiger partial charge in [0.1, 0.15) is 5.76 Å². The lowest BCUT2D eigenvalue weighted by molar-refractivity contribution is -0.111. The lowest BCUT2D eigenvalue weighted by atomic mass is 9.79. The first-order valence-electron chi connectivity index (χ1n) is 30.6. The second kappa shape index (κ2) is 28.9. The third kappa shape index (κ3) is 14.4. The minimum atomic E-state index is -5.76. The van der Waals surface area contributed by atoms with Crippen molar-refractivity contribution in [3.05, 3.63) is 242 Å². The van der Waals surface area contributed by atoms with Crippen LogP contribution in [-0.2, 0) is 37.7 Å². The molecule has 0 aromatic heterocycles. The van der Waals surface area contributed by atoms with Gasteiger partial charge < -0.3 is 10.0 Å². The number of unbranched alkanes of at least 4 members (excludes halogenated alkanes) is 10. The molecular formula is C72H71F8N4O6S2+. The highest BCUT2D eigenvalue weighted by Crippen LogP contribution is 2.46. The van der Waals surface area contributed by atoms with E-state index in [1.807, 2.05) is 41.5 Å². The highest BCUT2D eigenvalue weighted by molar-refractivity contribution is 7.92. The van der Waals surface area contributed by atoms with Crippen LogP contribution in [0.25, 0.3) is 5.57 Å². The first kappa shape index (κ1) is 67.8. The van der Waals surface area contributed by atoms with Crippen LogP contribution >= 0.6 is 0 Å². The van der Waals surface area contributed by atoms with Crippen LogP contribution in [0.2, 0.25) is 0 Å². The Kier molecular flexibility index (Phi) is 21.3. The Labute approximate surface area is 532 Å². The van der Waals surface area contributed by atoms with Crippen LogP contribution in [0.1, 0.15) is 130 Å². The van der Waals surface area contributed by atoms with Gasteiger partial charge in [0.2, 0.25) is 22.9 Å². The van der Waals surface area contributed by atoms with Gasteiger partial charge >= 0.3 is 0 Å². The number of nitrogens with one attached hydrogen (secondary N) is 2. The third-order valence-electron chi connectivity index (χ3n) is 16.4. The summed E-state index contributed by atoms with van der Waals surface area (Å²) in [5.74, 6) is -18.6. The number of aliphatic hydroxyl groups is 1. The van der Waals surface area contributed by atoms with Crippen LogP contribution in [0.15, 0.2) is 166 Å². The number of anilines is 4. The standard InChI is InChI=1S/C72H70F8N4O6S2/c1-7-9-11-13-15-17-19-55-61(73)65(77)71(66(78)62(55)74)91(87,88)81-57-41-51(83(47-29-21-43(3)22-30-47)48-31-23-44(4)24-32-48)37-39-53(57)59-69(85)60(70(59)86)54-40-38-52(84(49-33-25-45(5)26-34-49)50-35-27-46(6)28-36-50)42-58(54)82-92(89,90)72-67(79)63(75)56(64(76)68(72)80)20-18-16-14-12-10-8-2/h21-42H,7-20H2,1-6H3,(H2,81,82,85,86)/p+1. The summed E-state index contributed by atoms with van der Waals surface area (Å²) < 4.78 is 193. The van der Waals surface area contributed by atoms with Crippen molar-refractivity contribution >= 4 is 71.2 Å². The monoisotopic (exact) mass is 1300 g/mol. The fourth-order valence-corrected chi connectivity index (χ4v) is 13.7. The van der Waals surface area contributed by atoms with E-state index in [1.54, 1.807) is 107 Å². The molecule has 0 amide bonds. The van der Waals surface area contributed by atoms with Crippen molar-refractivity contribution in [1.82, 2.24) is 9.30 Å². The van der Waals surface area contributed by atoms with E-state index in [4.69, 9.17) is 0 Å². The number of carbonyl (C=O) groups excluding carboxylic acids is 1. The summed E-state index contributed by atoms with van der Waals surface area (Å²) in [4.78, 5) is 12.8. The van der Waals surface area contributed by atoms with Gasteiger partial charge in [-0.2, -0.15) is 4.58 Å². The van der Waals surface area contributed by atoms with Gasteiger partial charge in [0.05, 0.1) is 22.5 Å². The SMILES string of the molecule is CCCCCCCCc1c(F)c(F)c(S(=O)(=O)NC2=CC(=[N+](c3ccc(C)cc3)c3ccc(C)cc3)C=C/C2=C2\C(=O)C(c3ccc(N(c4ccc(C)cc4)c4ccc(C)cc4)cc3NS(=O)(=O)c3c(F)c(F)c(CCCCCCCC)c(F)c3F)=C2O)c(F)c1F. The summed E-state index contributed by atoms with van der Waals surface area (Å²) in [7, 11) is -11.5. The maximum Gasteiger partial charge on any atom is 0.268 e. The van der Waals surface area contributed by atoms with Crippen LogP contribution in [0.3, 0.4) is 0 Å². The number of halogens is 8. The zero-order valence-corrected chi connectivity index (χ0v) is 53.5. The van der Waals surface area contributed by atoms with E-state index in [1.165, 1.54) is 24.3 Å². The van der Waals surface area contributed by atoms with E-state index >= 15 is 39.9 Å². The zero-order chi connectivity index (χ0) is 66.3. The lowest BCUT2D eigenvalue weighted by Crippen LogP contribution is -2.32. The Hall–Kier alpha value is -8.62. The van der Waals surface area contributed by atoms with Crippen LogP contribution < -0.4 is 18.9 Å². The third-order valence-corrected chi connectivity index (χ3v) is 19.1. The number of sulfonamides is 2. The Morgan fingerprint density at radius 2 is 0.837 bits per heavy atom. The molecule has 20 heteroatoms. The van der Waals surface area contributed by atoms with Gasteiger partial charge in [-0.25, -0.2) is 52.0 Å². The smallest absolute Gasteiger partial charge is 0.268 e. The van der Waals surface area contributed by atoms with Gasteiger partial charge in [0, 0.05) is 75.7 Å². The predicted molar refractivity (Wildman–Crippen MR) is 346 cm³/mol. The van der Waals surface area contributed by atoms with Gasteiger partial charge in [0.25, 0.3) is 20.0 Å². The fourth-order valence-electron chi connectivity index (χ4n) is 11.3. The van der Waals surface area contributed by atoms with Crippen molar-refractivity contribution in [2.45, 2.75) is 141 Å². The summed E-state index contributed by atoms with van der Waals surface area (Å²) in [5.41, 5.74) is 0.266. The maximum absolute atomic E-state index is 16.3. The number of ketones is 1. The van der Waals surface area contributed by atoms with Crippen molar-refractivity contribution < 1.29 is 61.9 Å². The van der Waals surface area contributed by atoms with E-state index in [9.17, 15) is 21.9 Å². The van der Waals surface area contributed by atoms with Gasteiger partial charge in [0.15, 0.2) is 56.3 Å². The highest BCUT2D eigenvalue weighted by Gasteiger charge is 2.43. The van der Waals surface area contributed by atoms with Crippen LogP contribution in [0, 0.1) is 74.2 Å². The molecule has 7 aromatic carbocycles. The topological polar surface area (TPSA) is 136 Å². The molecule has 0 radical (unpaired) electrons. The summed E-state index contributed by atoms with van der Waals surface area (Å²) in [5, 5.41) is 12.4. The molecule has 0 saturated carbocycles. The zero-order valence-electron chi connectivity index (χ0n) is 51.8. The molecule has 0 saturated heterocycles. The van der Waals surface area contributed by atoms with Crippen molar-refractivity contribution in [1.29, 1.82) is 0 Å². The van der Waals surface area contributed by atoms with Gasteiger partial charge in [-0.3, -0.25) is 14.2 Å². The molecule has 10 nitrogen and oxygen atoms in total. The summed E-state index contributed by atoms with van der Waals surface area (Å²) in [6.45, 7) is 11.4. The predicted octanol–water partition coefficient (Wildman–Crippen LogP) is 18.7. The van der Waals surface area contributed by atoms with Crippen molar-refractivity contribution in [2.24, 2.45) is 0 Å². The quantitative estimate of drug-likeness (QED) is 0.0162. The Morgan fingerprint density at radius 1 is 0.457 bits per heavy atom. The lowest BCUT2D eigenvalue weighted by Gasteiger charge is -2.29. The molecule has 0 unspecified atom stereocenters. The molecular weight excluding hydrogens is 1230 g/mol. The Bertz CT molecular complexity index is 4220. The number of hydrogen-bond acceptors (Lipinski definition) is 7. The van der Waals surface area contributed by atoms with Crippen LogP contribution in [-0.4, -0.2) is 33.4 Å². The number of benzene rings is 7. The first-order valence-corrected chi connectivity index (χ1v) is 33.6. The number of nitrogens with zero attached hydrogens (tertiary/aromatic N) is 2. The number of Topliss-reactive ketones (excluding diaryl/α,β-unsaturated/α-hetero) is 1. The van der Waals surface area contributed by atoms with E-state index in [-0.39, 0.29) is 24.2 Å². The molecule has 0 spiro atoms. The first-order chi connectivity index (χ1) is 43.9. The maximum atomic E-state index is 16.3. The van der Waals surface area contributed by atoms with E-state index in [0.29, 0.717) is 48.4 Å². The van der Waals surface area contributed by atoms with Crippen molar-refractivity contribution in [2.75, 3.05) is 9.62 Å². The minimum Gasteiger partial charge on any atom is -0.506 e. The number of rotatable bonds is 26. The second-order valence-corrected chi connectivity index (χ2v) is 26.5. The molecule has 0 bridgehead atoms. The van der Waals surface area contributed by atoms with Crippen LogP contribution in [0.5, 0.6) is 0 Å². The van der Waals surface area contributed by atoms with E-state index in [0.717, 1.165) is 72.9 Å². The highest BCUT2D eigenvalue weighted by atomic mass is 32.2. The molecule has 2 aliphatic carbocycles.